The molecule has 1 heterocycles. The van der Waals surface area contributed by atoms with Gasteiger partial charge in [-0.1, -0.05) is 31.5 Å². The Labute approximate surface area is 141 Å². The monoisotopic (exact) mass is 329 g/mol. The zero-order valence-electron chi connectivity index (χ0n) is 14.4. The lowest BCUT2D eigenvalue weighted by atomic mass is 10.0. The molecule has 0 saturated heterocycles. The third kappa shape index (κ3) is 4.22. The minimum Gasteiger partial charge on any atom is -0.480 e. The molecule has 0 aliphatic heterocycles. The number of nitrogens with zero attached hydrogens (tertiary/aromatic N) is 2. The maximum absolute atomic E-state index is 12.3. The molecular weight excluding hydrogens is 306 g/mol. The molecule has 2 aromatic rings. The second-order valence-electron chi connectivity index (χ2n) is 6.41. The molecule has 0 bridgehead atoms. The van der Waals surface area contributed by atoms with Crippen LogP contribution in [0.3, 0.4) is 0 Å². The number of aliphatic carboxylic acids is 1. The molecule has 1 atom stereocenters. The van der Waals surface area contributed by atoms with Crippen LogP contribution in [0.25, 0.3) is 5.69 Å². The van der Waals surface area contributed by atoms with Gasteiger partial charge in [0.15, 0.2) is 5.69 Å². The van der Waals surface area contributed by atoms with Crippen LogP contribution in [0, 0.1) is 19.8 Å². The van der Waals surface area contributed by atoms with Gasteiger partial charge in [0, 0.05) is 5.69 Å². The number of hydrogen-bond acceptors (Lipinski definition) is 3. The van der Waals surface area contributed by atoms with Gasteiger partial charge in [-0.2, -0.15) is 5.10 Å². The van der Waals surface area contributed by atoms with Crippen molar-refractivity contribution in [3.63, 3.8) is 0 Å². The number of carboxylic acids is 1. The van der Waals surface area contributed by atoms with E-state index in [0.29, 0.717) is 6.42 Å². The number of aromatic nitrogens is 2. The van der Waals surface area contributed by atoms with Crippen molar-refractivity contribution >= 4 is 11.9 Å². The van der Waals surface area contributed by atoms with Crippen molar-refractivity contribution in [3.8, 4) is 5.69 Å². The minimum atomic E-state index is -1.04. The molecule has 128 valence electrons. The minimum absolute atomic E-state index is 0.165. The van der Waals surface area contributed by atoms with Gasteiger partial charge in [-0.25, -0.2) is 9.48 Å². The predicted molar refractivity (Wildman–Crippen MR) is 91.4 cm³/mol. The van der Waals surface area contributed by atoms with E-state index in [2.05, 4.69) is 10.4 Å². The van der Waals surface area contributed by atoms with Crippen molar-refractivity contribution in [1.82, 2.24) is 15.1 Å². The second-order valence-corrected chi connectivity index (χ2v) is 6.41. The fourth-order valence-corrected chi connectivity index (χ4v) is 2.46. The number of aryl methyl sites for hydroxylation is 2. The molecule has 2 N–H and O–H groups in total. The van der Waals surface area contributed by atoms with E-state index >= 15 is 0 Å². The molecule has 0 spiro atoms. The average Bonchev–Trinajstić information content (AvgIpc) is 2.89. The Morgan fingerprint density at radius 3 is 2.38 bits per heavy atom. The van der Waals surface area contributed by atoms with Crippen LogP contribution in [-0.4, -0.2) is 32.8 Å². The van der Waals surface area contributed by atoms with E-state index in [4.69, 9.17) is 0 Å². The summed E-state index contributed by atoms with van der Waals surface area (Å²) in [6.07, 6.45) is 0.374. The largest absolute Gasteiger partial charge is 0.480 e. The molecule has 0 saturated carbocycles. The van der Waals surface area contributed by atoms with E-state index in [-0.39, 0.29) is 11.6 Å². The lowest BCUT2D eigenvalue weighted by molar-refractivity contribution is -0.139. The number of amides is 1. The first-order chi connectivity index (χ1) is 11.3. The Morgan fingerprint density at radius 1 is 1.21 bits per heavy atom. The van der Waals surface area contributed by atoms with Crippen molar-refractivity contribution in [1.29, 1.82) is 0 Å². The summed E-state index contributed by atoms with van der Waals surface area (Å²) in [5, 5.41) is 16.1. The Bertz CT molecular complexity index is 732. The van der Waals surface area contributed by atoms with E-state index < -0.39 is 17.9 Å². The lowest BCUT2D eigenvalue weighted by Crippen LogP contribution is -2.41. The summed E-state index contributed by atoms with van der Waals surface area (Å²) in [5.41, 5.74) is 3.01. The van der Waals surface area contributed by atoms with Gasteiger partial charge in [-0.05, 0) is 44.4 Å². The second kappa shape index (κ2) is 7.29. The lowest BCUT2D eigenvalue weighted by Gasteiger charge is -2.15. The smallest absolute Gasteiger partial charge is 0.326 e. The highest BCUT2D eigenvalue weighted by atomic mass is 16.4. The summed E-state index contributed by atoms with van der Waals surface area (Å²) in [4.78, 5) is 23.6. The molecule has 0 aliphatic rings. The summed E-state index contributed by atoms with van der Waals surface area (Å²) < 4.78 is 1.67. The van der Waals surface area contributed by atoms with Gasteiger partial charge < -0.3 is 10.4 Å². The van der Waals surface area contributed by atoms with E-state index in [1.807, 2.05) is 52.0 Å². The molecule has 6 heteroatoms. The van der Waals surface area contributed by atoms with Crippen LogP contribution in [0.4, 0.5) is 0 Å². The normalized spacial score (nSPS) is 12.2. The third-order valence-electron chi connectivity index (χ3n) is 3.71. The molecule has 0 unspecified atom stereocenters. The molecule has 0 radical (unpaired) electrons. The summed E-state index contributed by atoms with van der Waals surface area (Å²) in [6.45, 7) is 7.68. The van der Waals surface area contributed by atoms with Crippen LogP contribution in [-0.2, 0) is 4.79 Å². The highest BCUT2D eigenvalue weighted by Gasteiger charge is 2.23. The number of rotatable bonds is 6. The van der Waals surface area contributed by atoms with Crippen LogP contribution in [0.1, 0.15) is 42.0 Å². The maximum Gasteiger partial charge on any atom is 0.326 e. The molecule has 1 aromatic heterocycles. The first kappa shape index (κ1) is 17.7. The first-order valence-electron chi connectivity index (χ1n) is 7.95. The number of nitrogens with one attached hydrogen (secondary N) is 1. The maximum atomic E-state index is 12.3. The number of carbonyl (C=O) groups excluding carboxylic acids is 1. The van der Waals surface area contributed by atoms with E-state index in [9.17, 15) is 14.7 Å². The van der Waals surface area contributed by atoms with Gasteiger partial charge in [0.05, 0.1) is 5.69 Å². The molecule has 0 aliphatic carbocycles. The van der Waals surface area contributed by atoms with Crippen molar-refractivity contribution in [2.24, 2.45) is 5.92 Å². The average molecular weight is 329 g/mol. The van der Waals surface area contributed by atoms with Crippen molar-refractivity contribution in [3.05, 3.63) is 47.3 Å². The molecule has 0 fully saturated rings. The van der Waals surface area contributed by atoms with E-state index in [0.717, 1.165) is 16.9 Å². The SMILES string of the molecule is Cc1ccc(-n2nc(C(=O)N[C@@H](CC(C)C)C(=O)O)cc2C)cc1. The van der Waals surface area contributed by atoms with Crippen LogP contribution in [0.5, 0.6) is 0 Å². The zero-order chi connectivity index (χ0) is 17.9. The first-order valence-corrected chi connectivity index (χ1v) is 7.95. The van der Waals surface area contributed by atoms with Crippen LogP contribution >= 0.6 is 0 Å². The van der Waals surface area contributed by atoms with Gasteiger partial charge in [0.1, 0.15) is 6.04 Å². The molecule has 6 nitrogen and oxygen atoms in total. The van der Waals surface area contributed by atoms with E-state index in [1.165, 1.54) is 0 Å². The quantitative estimate of drug-likeness (QED) is 0.853. The van der Waals surface area contributed by atoms with Crippen molar-refractivity contribution < 1.29 is 14.7 Å². The predicted octanol–water partition coefficient (Wildman–Crippen LogP) is 2.72. The Morgan fingerprint density at radius 2 is 1.83 bits per heavy atom. The Hall–Kier alpha value is -2.63. The Balaban J connectivity index is 2.20. The summed E-state index contributed by atoms with van der Waals surface area (Å²) in [6, 6.07) is 8.54. The van der Waals surface area contributed by atoms with Crippen molar-refractivity contribution in [2.45, 2.75) is 40.2 Å². The zero-order valence-corrected chi connectivity index (χ0v) is 14.4. The van der Waals surface area contributed by atoms with Gasteiger partial charge in [-0.3, -0.25) is 4.79 Å². The summed E-state index contributed by atoms with van der Waals surface area (Å²) >= 11 is 0. The van der Waals surface area contributed by atoms with Gasteiger partial charge in [0.25, 0.3) is 5.91 Å². The highest BCUT2D eigenvalue weighted by molar-refractivity contribution is 5.95. The molecule has 1 amide bonds. The number of benzene rings is 1. The topological polar surface area (TPSA) is 84.2 Å². The standard InChI is InChI=1S/C18H23N3O3/c1-11(2)9-16(18(23)24)19-17(22)15-10-13(4)21(20-15)14-7-5-12(3)6-8-14/h5-8,10-11,16H,9H2,1-4H3,(H,19,22)(H,23,24)/t16-/m0/s1. The van der Waals surface area contributed by atoms with Gasteiger partial charge in [-0.15, -0.1) is 0 Å². The molecule has 24 heavy (non-hydrogen) atoms. The molecular formula is C18H23N3O3. The van der Waals surface area contributed by atoms with Gasteiger partial charge >= 0.3 is 5.97 Å². The highest BCUT2D eigenvalue weighted by Crippen LogP contribution is 2.14. The Kier molecular flexibility index (Phi) is 5.39. The molecule has 2 rings (SSSR count). The third-order valence-corrected chi connectivity index (χ3v) is 3.71. The van der Waals surface area contributed by atoms with Crippen molar-refractivity contribution in [2.75, 3.05) is 0 Å². The number of hydrogen-bond donors (Lipinski definition) is 2. The summed E-state index contributed by atoms with van der Waals surface area (Å²) in [5.74, 6) is -1.35. The number of carboxylic acid groups (broad SMARTS) is 1. The summed E-state index contributed by atoms with van der Waals surface area (Å²) in [7, 11) is 0. The van der Waals surface area contributed by atoms with Gasteiger partial charge in [0.2, 0.25) is 0 Å². The fraction of sp³-hybridized carbons (Fsp3) is 0.389. The van der Waals surface area contributed by atoms with Crippen LogP contribution in [0.15, 0.2) is 30.3 Å². The number of carbonyl (C=O) groups is 2. The van der Waals surface area contributed by atoms with E-state index in [1.54, 1.807) is 10.7 Å². The molecule has 1 aromatic carbocycles. The van der Waals surface area contributed by atoms with Crippen LogP contribution < -0.4 is 5.32 Å². The fourth-order valence-electron chi connectivity index (χ4n) is 2.46. The van der Waals surface area contributed by atoms with Crippen LogP contribution in [0.2, 0.25) is 0 Å².